The number of amides is 1. The maximum absolute atomic E-state index is 13.1. The summed E-state index contributed by atoms with van der Waals surface area (Å²) in [6.07, 6.45) is 18.7. The molecule has 1 amide bonds. The van der Waals surface area contributed by atoms with E-state index in [1.807, 2.05) is 0 Å². The lowest BCUT2D eigenvalue weighted by Gasteiger charge is -2.41. The Morgan fingerprint density at radius 3 is 1.48 bits per heavy atom. The van der Waals surface area contributed by atoms with Gasteiger partial charge in [-0.15, -0.1) is 0 Å². The predicted octanol–water partition coefficient (Wildman–Crippen LogP) is 6.41. The normalized spacial score (nSPS) is 22.3. The van der Waals surface area contributed by atoms with Gasteiger partial charge in [0.2, 0.25) is 5.91 Å². The minimum absolute atomic E-state index is 0.265. The molecule has 0 spiro atoms. The van der Waals surface area contributed by atoms with Crippen LogP contribution in [0, 0.1) is 0 Å². The van der Waals surface area contributed by atoms with Gasteiger partial charge in [0.05, 0.1) is 25.4 Å². The maximum Gasteiger partial charge on any atom is 0.397 e. The van der Waals surface area contributed by atoms with Gasteiger partial charge >= 0.3 is 10.4 Å². The summed E-state index contributed by atoms with van der Waals surface area (Å²) in [6.45, 7) is 3.25. The van der Waals surface area contributed by atoms with E-state index in [1.165, 1.54) is 109 Å². The molecule has 14 heteroatoms. The lowest BCUT2D eigenvalue weighted by molar-refractivity contribution is -0.298. The van der Waals surface area contributed by atoms with Gasteiger partial charge < -0.3 is 40.3 Å². The van der Waals surface area contributed by atoms with Crippen LogP contribution in [0.25, 0.3) is 0 Å². The summed E-state index contributed by atoms with van der Waals surface area (Å²) in [5.74, 6) is -0.669. The SMILES string of the molecule is CCCCCCCCCCCCCCCCC(O)C(=O)NC(COC1OC(CO)C(O)C(OS(=O)(=O)O)C1O)C(O)CCCCCCCCCCCCC. The minimum Gasteiger partial charge on any atom is -0.394 e. The van der Waals surface area contributed by atoms with Gasteiger partial charge in [-0.3, -0.25) is 9.35 Å². The second kappa shape index (κ2) is 32.1. The van der Waals surface area contributed by atoms with Crippen molar-refractivity contribution in [3.8, 4) is 0 Å². The van der Waals surface area contributed by atoms with Crippen molar-refractivity contribution in [2.75, 3.05) is 13.2 Å². The van der Waals surface area contributed by atoms with Crippen LogP contribution in [0.15, 0.2) is 0 Å². The number of aliphatic hydroxyl groups is 5. The number of hydrogen-bond acceptors (Lipinski definition) is 11. The summed E-state index contributed by atoms with van der Waals surface area (Å²) in [4.78, 5) is 13.1. The molecule has 322 valence electrons. The maximum atomic E-state index is 13.1. The fourth-order valence-corrected chi connectivity index (χ4v) is 7.56. The molecule has 1 heterocycles. The van der Waals surface area contributed by atoms with Gasteiger partial charge in [-0.25, -0.2) is 4.18 Å². The smallest absolute Gasteiger partial charge is 0.394 e. The highest BCUT2D eigenvalue weighted by Crippen LogP contribution is 2.26. The Labute approximate surface area is 327 Å². The first-order chi connectivity index (χ1) is 25.9. The van der Waals surface area contributed by atoms with Crippen molar-refractivity contribution in [1.29, 1.82) is 0 Å². The van der Waals surface area contributed by atoms with Crippen LogP contribution in [-0.2, 0) is 28.9 Å². The van der Waals surface area contributed by atoms with Crippen molar-refractivity contribution in [3.05, 3.63) is 0 Å². The Hall–Kier alpha value is -0.940. The van der Waals surface area contributed by atoms with E-state index in [4.69, 9.17) is 14.0 Å². The molecule has 8 unspecified atom stereocenters. The van der Waals surface area contributed by atoms with Crippen LogP contribution in [-0.4, -0.2) is 107 Å². The third-order valence-corrected chi connectivity index (χ3v) is 11.0. The molecule has 1 saturated heterocycles. The van der Waals surface area contributed by atoms with E-state index in [0.29, 0.717) is 19.3 Å². The van der Waals surface area contributed by atoms with Crippen molar-refractivity contribution >= 4 is 16.3 Å². The number of rotatable bonds is 36. The van der Waals surface area contributed by atoms with Gasteiger partial charge in [0.25, 0.3) is 0 Å². The number of hydrogen-bond donors (Lipinski definition) is 7. The van der Waals surface area contributed by atoms with E-state index in [2.05, 4.69) is 23.3 Å². The Balaban J connectivity index is 2.60. The summed E-state index contributed by atoms with van der Waals surface area (Å²) in [7, 11) is -5.10. The standard InChI is InChI=1S/C40H79NO12S/c1-3-5-7-9-11-13-15-16-17-19-21-23-25-27-29-34(44)39(47)41-32(33(43)28-26-24-22-20-18-14-12-10-8-6-4-2)31-51-40-37(46)38(53-54(48,49)50)36(45)35(30-42)52-40/h32-38,40,42-46H,3-31H2,1-2H3,(H,41,47)(H,48,49,50). The quantitative estimate of drug-likeness (QED) is 0.0271. The molecule has 54 heavy (non-hydrogen) atoms. The zero-order chi connectivity index (χ0) is 40.0. The van der Waals surface area contributed by atoms with E-state index in [-0.39, 0.29) is 6.42 Å². The molecule has 1 aliphatic heterocycles. The monoisotopic (exact) mass is 798 g/mol. The molecule has 13 nitrogen and oxygen atoms in total. The van der Waals surface area contributed by atoms with Crippen LogP contribution in [0.5, 0.6) is 0 Å². The Morgan fingerprint density at radius 1 is 0.667 bits per heavy atom. The summed E-state index contributed by atoms with van der Waals surface area (Å²) in [6, 6.07) is -1.03. The second-order valence-electron chi connectivity index (χ2n) is 15.4. The summed E-state index contributed by atoms with van der Waals surface area (Å²) in [5, 5.41) is 55.1. The van der Waals surface area contributed by atoms with Crippen molar-refractivity contribution in [1.82, 2.24) is 5.32 Å². The van der Waals surface area contributed by atoms with E-state index in [0.717, 1.165) is 38.5 Å². The molecular formula is C40H79NO12S. The van der Waals surface area contributed by atoms with E-state index < -0.39 is 78.5 Å². The van der Waals surface area contributed by atoms with E-state index in [1.54, 1.807) is 0 Å². The topological polar surface area (TPSA) is 212 Å². The fraction of sp³-hybridized carbons (Fsp3) is 0.975. The molecule has 0 aromatic carbocycles. The first-order valence-corrected chi connectivity index (χ1v) is 22.9. The number of unbranched alkanes of at least 4 members (excludes halogenated alkanes) is 23. The van der Waals surface area contributed by atoms with Gasteiger partial charge in [-0.05, 0) is 12.8 Å². The third kappa shape index (κ3) is 24.6. The molecule has 1 fully saturated rings. The molecule has 1 aliphatic rings. The van der Waals surface area contributed by atoms with Crippen LogP contribution in [0.4, 0.5) is 0 Å². The zero-order valence-corrected chi connectivity index (χ0v) is 34.5. The fourth-order valence-electron chi connectivity index (χ4n) is 7.05. The summed E-state index contributed by atoms with van der Waals surface area (Å²) >= 11 is 0. The highest BCUT2D eigenvalue weighted by Gasteiger charge is 2.48. The van der Waals surface area contributed by atoms with Crippen LogP contribution < -0.4 is 5.32 Å². The lowest BCUT2D eigenvalue weighted by atomic mass is 9.99. The molecular weight excluding hydrogens is 719 g/mol. The van der Waals surface area contributed by atoms with Crippen molar-refractivity contribution in [2.45, 2.75) is 236 Å². The summed E-state index contributed by atoms with van der Waals surface area (Å²) < 4.78 is 47.4. The number of nitrogens with one attached hydrogen (secondary N) is 1. The number of ether oxygens (including phenoxy) is 2. The largest absolute Gasteiger partial charge is 0.397 e. The van der Waals surface area contributed by atoms with Crippen molar-refractivity contribution < 1.29 is 57.0 Å². The molecule has 1 rings (SSSR count). The van der Waals surface area contributed by atoms with E-state index >= 15 is 0 Å². The van der Waals surface area contributed by atoms with E-state index in [9.17, 15) is 38.7 Å². The predicted molar refractivity (Wildman–Crippen MR) is 210 cm³/mol. The minimum atomic E-state index is -5.10. The molecule has 0 saturated carbocycles. The molecule has 0 bridgehead atoms. The molecule has 0 aromatic heterocycles. The van der Waals surface area contributed by atoms with Crippen molar-refractivity contribution in [3.63, 3.8) is 0 Å². The molecule has 0 aliphatic carbocycles. The molecule has 0 radical (unpaired) electrons. The third-order valence-electron chi connectivity index (χ3n) is 10.5. The van der Waals surface area contributed by atoms with Gasteiger partial charge in [0, 0.05) is 0 Å². The van der Waals surface area contributed by atoms with Crippen LogP contribution in [0.1, 0.15) is 187 Å². The number of carbonyl (C=O) groups is 1. The number of aliphatic hydroxyl groups excluding tert-OH is 5. The Kier molecular flexibility index (Phi) is 30.3. The van der Waals surface area contributed by atoms with Crippen LogP contribution >= 0.6 is 0 Å². The van der Waals surface area contributed by atoms with Gasteiger partial charge in [0.15, 0.2) is 6.29 Å². The molecule has 8 atom stereocenters. The Bertz CT molecular complexity index is 1010. The summed E-state index contributed by atoms with van der Waals surface area (Å²) in [5.41, 5.74) is 0. The highest BCUT2D eigenvalue weighted by molar-refractivity contribution is 7.80. The number of carbonyl (C=O) groups excluding carboxylic acids is 1. The average molecular weight is 798 g/mol. The average Bonchev–Trinajstić information content (AvgIpc) is 3.14. The van der Waals surface area contributed by atoms with Crippen molar-refractivity contribution in [2.24, 2.45) is 0 Å². The highest BCUT2D eigenvalue weighted by atomic mass is 32.3. The zero-order valence-electron chi connectivity index (χ0n) is 33.7. The van der Waals surface area contributed by atoms with Crippen LogP contribution in [0.2, 0.25) is 0 Å². The first-order valence-electron chi connectivity index (χ1n) is 21.5. The van der Waals surface area contributed by atoms with Gasteiger partial charge in [0.1, 0.15) is 30.5 Å². The molecule has 7 N–H and O–H groups in total. The Morgan fingerprint density at radius 2 is 1.07 bits per heavy atom. The van der Waals surface area contributed by atoms with Crippen LogP contribution in [0.3, 0.4) is 0 Å². The van der Waals surface area contributed by atoms with Gasteiger partial charge in [-0.2, -0.15) is 8.42 Å². The lowest BCUT2D eigenvalue weighted by Crippen LogP contribution is -2.61. The van der Waals surface area contributed by atoms with Gasteiger partial charge in [-0.1, -0.05) is 174 Å². The first kappa shape index (κ1) is 51.1. The molecule has 0 aromatic rings. The second-order valence-corrected chi connectivity index (χ2v) is 16.5.